The Morgan fingerprint density at radius 3 is 2.37 bits per heavy atom. The number of benzene rings is 3. The number of piperidine rings is 1. The lowest BCUT2D eigenvalue weighted by Gasteiger charge is -2.43. The van der Waals surface area contributed by atoms with E-state index >= 15 is 0 Å². The molecule has 4 unspecified atom stereocenters. The summed E-state index contributed by atoms with van der Waals surface area (Å²) in [6.07, 6.45) is 6.34. The van der Waals surface area contributed by atoms with Crippen molar-refractivity contribution in [2.75, 3.05) is 19.6 Å². The Morgan fingerprint density at radius 2 is 1.61 bits per heavy atom. The molecule has 0 aliphatic carbocycles. The molecule has 1 N–H and O–H groups in total. The fraction of sp³-hybridized carbons (Fsp3) is 0.424. The van der Waals surface area contributed by atoms with Crippen LogP contribution in [0.3, 0.4) is 0 Å². The molecule has 0 spiro atoms. The Labute approximate surface area is 225 Å². The minimum Gasteiger partial charge on any atom is -0.457 e. The van der Waals surface area contributed by atoms with Gasteiger partial charge >= 0.3 is 0 Å². The van der Waals surface area contributed by atoms with Gasteiger partial charge in [0, 0.05) is 54.3 Å². The van der Waals surface area contributed by atoms with E-state index in [0.29, 0.717) is 43.1 Å². The lowest BCUT2D eigenvalue weighted by atomic mass is 9.72. The Hall–Kier alpha value is -3.15. The third kappa shape index (κ3) is 4.32. The monoisotopic (exact) mass is 508 g/mol. The summed E-state index contributed by atoms with van der Waals surface area (Å²) in [6.45, 7) is 2.16. The highest BCUT2D eigenvalue weighted by atomic mass is 16.5. The van der Waals surface area contributed by atoms with Crippen LogP contribution in [0.4, 0.5) is 0 Å². The maximum Gasteiger partial charge on any atom is 0.254 e. The number of amides is 1. The first-order valence-corrected chi connectivity index (χ1v) is 14.3. The number of para-hydroxylation sites is 1. The van der Waals surface area contributed by atoms with E-state index in [9.17, 15) is 9.90 Å². The van der Waals surface area contributed by atoms with Crippen LogP contribution in [0.25, 0.3) is 0 Å². The van der Waals surface area contributed by atoms with Crippen LogP contribution >= 0.6 is 0 Å². The summed E-state index contributed by atoms with van der Waals surface area (Å²) in [4.78, 5) is 17.7. The highest BCUT2D eigenvalue weighted by Gasteiger charge is 2.45. The molecule has 4 atom stereocenters. The summed E-state index contributed by atoms with van der Waals surface area (Å²) in [5.74, 6) is 2.56. The summed E-state index contributed by atoms with van der Waals surface area (Å²) in [5, 5.41) is 9.91. The van der Waals surface area contributed by atoms with Crippen molar-refractivity contribution in [3.05, 3.63) is 95.1 Å². The van der Waals surface area contributed by atoms with Crippen molar-refractivity contribution in [3.8, 4) is 11.5 Å². The Bertz CT molecular complexity index is 1310. The van der Waals surface area contributed by atoms with Crippen molar-refractivity contribution in [1.29, 1.82) is 0 Å². The fourth-order valence-corrected chi connectivity index (χ4v) is 7.60. The molecule has 7 rings (SSSR count). The molecule has 3 saturated heterocycles. The second-order valence-electron chi connectivity index (χ2n) is 11.7. The molecular formula is C33H36N2O3. The molecule has 196 valence electrons. The number of likely N-dealkylation sites (tertiary alicyclic amines) is 1. The van der Waals surface area contributed by atoms with Gasteiger partial charge in [-0.25, -0.2) is 0 Å². The first-order valence-electron chi connectivity index (χ1n) is 14.3. The van der Waals surface area contributed by atoms with E-state index < -0.39 is 6.10 Å². The van der Waals surface area contributed by atoms with Gasteiger partial charge in [0.1, 0.15) is 11.5 Å². The molecule has 0 radical (unpaired) electrons. The van der Waals surface area contributed by atoms with Crippen LogP contribution in [0.1, 0.15) is 65.1 Å². The van der Waals surface area contributed by atoms with Gasteiger partial charge < -0.3 is 14.7 Å². The molecule has 38 heavy (non-hydrogen) atoms. The van der Waals surface area contributed by atoms with Gasteiger partial charge in [0.2, 0.25) is 0 Å². The van der Waals surface area contributed by atoms with Crippen molar-refractivity contribution in [2.45, 2.75) is 62.6 Å². The third-order valence-electron chi connectivity index (χ3n) is 9.41. The number of fused-ring (bicyclic) bond motifs is 4. The van der Waals surface area contributed by atoms with E-state index in [1.54, 1.807) is 4.90 Å². The Balaban J connectivity index is 1.14. The van der Waals surface area contributed by atoms with Crippen LogP contribution in [-0.4, -0.2) is 58.6 Å². The van der Waals surface area contributed by atoms with Crippen molar-refractivity contribution < 1.29 is 14.6 Å². The largest absolute Gasteiger partial charge is 0.457 e. The van der Waals surface area contributed by atoms with Gasteiger partial charge in [0.15, 0.2) is 0 Å². The number of aliphatic hydroxyl groups is 1. The zero-order chi connectivity index (χ0) is 25.6. The Kier molecular flexibility index (Phi) is 6.21. The molecule has 5 nitrogen and oxygen atoms in total. The van der Waals surface area contributed by atoms with Crippen LogP contribution in [0.2, 0.25) is 0 Å². The summed E-state index contributed by atoms with van der Waals surface area (Å²) >= 11 is 0. The maximum absolute atomic E-state index is 13.2. The first-order chi connectivity index (χ1) is 18.6. The lowest BCUT2D eigenvalue weighted by Crippen LogP contribution is -2.45. The molecule has 2 bridgehead atoms. The molecule has 4 heterocycles. The average molecular weight is 509 g/mol. The standard InChI is InChI=1S/C33H36N2O3/c36-27-15-16-34(21-27)33(37)23-10-13-29-31(20-23)38-30-9-5-4-8-28(30)32(29)24-18-25-11-12-26(19-24)35(25)17-14-22-6-2-1-3-7-22/h1-10,13,20,24-27,32,36H,11-12,14-19,21H2. The molecule has 4 aliphatic rings. The topological polar surface area (TPSA) is 53.0 Å². The second kappa shape index (κ2) is 9.87. The van der Waals surface area contributed by atoms with E-state index in [1.165, 1.54) is 42.4 Å². The number of carbonyl (C=O) groups excluding carboxylic acids is 1. The number of rotatable bonds is 5. The highest BCUT2D eigenvalue weighted by Crippen LogP contribution is 2.53. The molecule has 3 aromatic rings. The number of carbonyl (C=O) groups is 1. The number of β-amino-alcohol motifs (C(OH)–C–C–N with tert-alkyl or cyclic N) is 1. The normalized spacial score (nSPS) is 28.0. The van der Waals surface area contributed by atoms with Crippen LogP contribution < -0.4 is 4.74 Å². The summed E-state index contributed by atoms with van der Waals surface area (Å²) < 4.78 is 6.42. The third-order valence-corrected chi connectivity index (χ3v) is 9.41. The molecule has 0 aromatic heterocycles. The zero-order valence-electron chi connectivity index (χ0n) is 21.8. The number of ether oxygens (including phenoxy) is 1. The summed E-state index contributed by atoms with van der Waals surface area (Å²) in [6, 6.07) is 26.7. The van der Waals surface area contributed by atoms with E-state index in [-0.39, 0.29) is 11.8 Å². The van der Waals surface area contributed by atoms with Gasteiger partial charge in [-0.1, -0.05) is 54.6 Å². The first kappa shape index (κ1) is 23.9. The minimum atomic E-state index is -0.419. The summed E-state index contributed by atoms with van der Waals surface area (Å²) in [7, 11) is 0. The highest BCUT2D eigenvalue weighted by molar-refractivity contribution is 5.95. The molecule has 3 aromatic carbocycles. The molecule has 3 fully saturated rings. The number of hydrogen-bond donors (Lipinski definition) is 1. The number of hydrogen-bond acceptors (Lipinski definition) is 4. The van der Waals surface area contributed by atoms with Crippen LogP contribution in [0.15, 0.2) is 72.8 Å². The SMILES string of the molecule is O=C(c1ccc2c(c1)Oc1ccccc1C2C1CC2CCC(C1)N2CCc1ccccc1)N1CCC(O)C1. The van der Waals surface area contributed by atoms with Crippen molar-refractivity contribution >= 4 is 5.91 Å². The quantitative estimate of drug-likeness (QED) is 0.486. The molecule has 4 aliphatic heterocycles. The van der Waals surface area contributed by atoms with Crippen LogP contribution in [-0.2, 0) is 6.42 Å². The smallest absolute Gasteiger partial charge is 0.254 e. The fourth-order valence-electron chi connectivity index (χ4n) is 7.60. The van der Waals surface area contributed by atoms with Crippen molar-refractivity contribution in [3.63, 3.8) is 0 Å². The predicted molar refractivity (Wildman–Crippen MR) is 148 cm³/mol. The summed E-state index contributed by atoms with van der Waals surface area (Å²) in [5.41, 5.74) is 4.56. The zero-order valence-corrected chi connectivity index (χ0v) is 21.8. The second-order valence-corrected chi connectivity index (χ2v) is 11.7. The lowest BCUT2D eigenvalue weighted by molar-refractivity contribution is 0.0764. The van der Waals surface area contributed by atoms with Crippen LogP contribution in [0, 0.1) is 5.92 Å². The minimum absolute atomic E-state index is 0.0203. The number of aliphatic hydroxyl groups excluding tert-OH is 1. The van der Waals surface area contributed by atoms with Gasteiger partial charge in [-0.15, -0.1) is 0 Å². The predicted octanol–water partition coefficient (Wildman–Crippen LogP) is 5.62. The van der Waals surface area contributed by atoms with Crippen molar-refractivity contribution in [1.82, 2.24) is 9.80 Å². The van der Waals surface area contributed by atoms with E-state index in [4.69, 9.17) is 4.74 Å². The van der Waals surface area contributed by atoms with E-state index in [2.05, 4.69) is 59.5 Å². The number of nitrogens with zero attached hydrogens (tertiary/aromatic N) is 2. The molecule has 1 amide bonds. The molecule has 5 heteroatoms. The molecular weight excluding hydrogens is 472 g/mol. The van der Waals surface area contributed by atoms with Gasteiger partial charge in [-0.05, 0) is 68.2 Å². The van der Waals surface area contributed by atoms with E-state index in [1.807, 2.05) is 18.2 Å². The maximum atomic E-state index is 13.2. The van der Waals surface area contributed by atoms with Gasteiger partial charge in [0.25, 0.3) is 5.91 Å². The van der Waals surface area contributed by atoms with Crippen molar-refractivity contribution in [2.24, 2.45) is 5.92 Å². The van der Waals surface area contributed by atoms with Gasteiger partial charge in [-0.2, -0.15) is 0 Å². The molecule has 0 saturated carbocycles. The van der Waals surface area contributed by atoms with Gasteiger partial charge in [-0.3, -0.25) is 9.69 Å². The Morgan fingerprint density at radius 1 is 0.868 bits per heavy atom. The van der Waals surface area contributed by atoms with Crippen LogP contribution in [0.5, 0.6) is 11.5 Å². The average Bonchev–Trinajstić information content (AvgIpc) is 3.49. The van der Waals surface area contributed by atoms with Gasteiger partial charge in [0.05, 0.1) is 6.10 Å². The van der Waals surface area contributed by atoms with E-state index in [0.717, 1.165) is 24.5 Å².